The molecule has 8 heteroatoms. The number of hydrogen-bond acceptors (Lipinski definition) is 6. The summed E-state index contributed by atoms with van der Waals surface area (Å²) in [5, 5.41) is 6.98. The Morgan fingerprint density at radius 3 is 0.774 bits per heavy atom. The van der Waals surface area contributed by atoms with Gasteiger partial charge in [-0.3, -0.25) is 0 Å². The molecule has 6 aromatic heterocycles. The van der Waals surface area contributed by atoms with E-state index in [1.54, 1.807) is 0 Å². The van der Waals surface area contributed by atoms with Crippen LogP contribution in [0.15, 0.2) is 388 Å². The fraction of sp³-hybridized carbons (Fsp3) is 0. The van der Waals surface area contributed by atoms with E-state index < -0.39 is 0 Å². The first-order chi connectivity index (χ1) is 52.6. The SMILES string of the molecule is c1ccc(-c2cc(-c3ccc(-c4ccc(-n5c6ccccc6c6c(-c7ccccc7)nc7ccccc7c65)cc4)cc3)nc(-c3ccccc3)n2)cc1.c1ccc(-c2cc(-c3ccccc3)nc(-c3ccc(-c4ccc(-n5c6ccccc6c6c(-c7ccccc7)nc7ccccc7c65)cc4)cc3)n2)cc1. The quantitative estimate of drug-likeness (QED) is 0.121. The molecule has 0 bridgehead atoms. The fourth-order valence-corrected chi connectivity index (χ4v) is 14.9. The van der Waals surface area contributed by atoms with Crippen molar-refractivity contribution in [3.8, 4) is 124 Å². The molecule has 0 spiro atoms. The van der Waals surface area contributed by atoms with Gasteiger partial charge in [-0.25, -0.2) is 29.9 Å². The summed E-state index contributed by atoms with van der Waals surface area (Å²) in [5.74, 6) is 1.42. The first-order valence-corrected chi connectivity index (χ1v) is 35.7. The Morgan fingerprint density at radius 2 is 0.425 bits per heavy atom. The number of hydrogen-bond donors (Lipinski definition) is 0. The van der Waals surface area contributed by atoms with Gasteiger partial charge in [-0.15, -0.1) is 0 Å². The summed E-state index contributed by atoms with van der Waals surface area (Å²) in [6, 6.07) is 136. The molecule has 0 aliphatic carbocycles. The van der Waals surface area contributed by atoms with Crippen molar-refractivity contribution in [1.29, 1.82) is 0 Å². The third-order valence-electron chi connectivity index (χ3n) is 20.0. The smallest absolute Gasteiger partial charge is 0.160 e. The van der Waals surface area contributed by atoms with Crippen molar-refractivity contribution in [2.24, 2.45) is 0 Å². The van der Waals surface area contributed by atoms with E-state index in [9.17, 15) is 0 Å². The molecule has 0 atom stereocenters. The van der Waals surface area contributed by atoms with Crippen molar-refractivity contribution in [3.05, 3.63) is 388 Å². The highest BCUT2D eigenvalue weighted by Crippen LogP contribution is 2.44. The molecule has 8 nitrogen and oxygen atoms in total. The van der Waals surface area contributed by atoms with Gasteiger partial charge >= 0.3 is 0 Å². The molecule has 20 aromatic rings. The monoisotopic (exact) mass is 1350 g/mol. The van der Waals surface area contributed by atoms with E-state index in [4.69, 9.17) is 29.9 Å². The van der Waals surface area contributed by atoms with E-state index in [1.165, 1.54) is 32.6 Å². The van der Waals surface area contributed by atoms with Crippen LogP contribution in [0.1, 0.15) is 0 Å². The molecule has 106 heavy (non-hydrogen) atoms. The van der Waals surface area contributed by atoms with Crippen molar-refractivity contribution < 1.29 is 0 Å². The molecule has 20 rings (SSSR count). The van der Waals surface area contributed by atoms with Crippen LogP contribution in [0.3, 0.4) is 0 Å². The maximum absolute atomic E-state index is 5.23. The van der Waals surface area contributed by atoms with Crippen LogP contribution in [0.25, 0.3) is 189 Å². The number of aromatic nitrogens is 8. The zero-order valence-electron chi connectivity index (χ0n) is 57.5. The van der Waals surface area contributed by atoms with Crippen molar-refractivity contribution >= 4 is 65.4 Å². The lowest BCUT2D eigenvalue weighted by molar-refractivity contribution is 1.18. The third-order valence-corrected chi connectivity index (χ3v) is 20.0. The van der Waals surface area contributed by atoms with E-state index in [2.05, 4.69) is 325 Å². The zero-order valence-corrected chi connectivity index (χ0v) is 57.5. The molecule has 0 N–H and O–H groups in total. The number of rotatable bonds is 12. The summed E-state index contributed by atoms with van der Waals surface area (Å²) in [7, 11) is 0. The molecule has 0 radical (unpaired) electrons. The minimum absolute atomic E-state index is 0.704. The standard InChI is InChI=1S/2C49H32N4/c1-4-14-35(15-5-1)43-32-44(52-49(51-43)38-18-8-3-9-19-38)36-26-24-33(25-27-36)34-28-30-39(31-29-34)53-45-23-13-11-21-41(45)46-47(37-16-6-2-7-17-37)50-42-22-12-10-20-40(42)48(46)53;1-4-14-35(15-5-1)43-32-44(36-16-6-2-7-17-36)52-49(51-43)38-26-24-33(25-27-38)34-28-30-39(31-29-34)53-45-23-13-11-21-41(45)46-47(37-18-8-3-9-19-37)50-42-22-12-10-20-40(42)48(46)53/h2*1-32H. The molecular weight excluding hydrogens is 1290 g/mol. The van der Waals surface area contributed by atoms with Gasteiger partial charge < -0.3 is 9.13 Å². The van der Waals surface area contributed by atoms with Crippen LogP contribution in [0.2, 0.25) is 0 Å². The maximum atomic E-state index is 5.23. The Kier molecular flexibility index (Phi) is 16.1. The largest absolute Gasteiger partial charge is 0.308 e. The minimum atomic E-state index is 0.704. The fourth-order valence-electron chi connectivity index (χ4n) is 14.9. The average molecular weight is 1350 g/mol. The van der Waals surface area contributed by atoms with Crippen LogP contribution >= 0.6 is 0 Å². The van der Waals surface area contributed by atoms with Gasteiger partial charge in [0.2, 0.25) is 0 Å². The Labute approximate surface area is 612 Å². The highest BCUT2D eigenvalue weighted by Gasteiger charge is 2.23. The molecule has 0 saturated carbocycles. The first-order valence-electron chi connectivity index (χ1n) is 35.7. The molecule has 0 amide bonds. The predicted molar refractivity (Wildman–Crippen MR) is 438 cm³/mol. The highest BCUT2D eigenvalue weighted by molar-refractivity contribution is 6.24. The number of nitrogens with zero attached hydrogens (tertiary/aromatic N) is 8. The van der Waals surface area contributed by atoms with Gasteiger partial charge in [-0.1, -0.05) is 328 Å². The average Bonchev–Trinajstić information content (AvgIpc) is 1.55. The van der Waals surface area contributed by atoms with Gasteiger partial charge in [0.1, 0.15) is 0 Å². The topological polar surface area (TPSA) is 87.2 Å². The third kappa shape index (κ3) is 11.7. The summed E-state index contributed by atoms with van der Waals surface area (Å²) in [6.45, 7) is 0. The first kappa shape index (κ1) is 62.6. The number of para-hydroxylation sites is 4. The van der Waals surface area contributed by atoms with E-state index in [1.807, 2.05) is 72.8 Å². The summed E-state index contributed by atoms with van der Waals surface area (Å²) in [6.07, 6.45) is 0. The van der Waals surface area contributed by atoms with Gasteiger partial charge in [0, 0.05) is 88.2 Å². The van der Waals surface area contributed by atoms with Gasteiger partial charge in [0.25, 0.3) is 0 Å². The van der Waals surface area contributed by atoms with E-state index >= 15 is 0 Å². The minimum Gasteiger partial charge on any atom is -0.308 e. The number of fused-ring (bicyclic) bond motifs is 10. The summed E-state index contributed by atoms with van der Waals surface area (Å²) >= 11 is 0. The summed E-state index contributed by atoms with van der Waals surface area (Å²) in [4.78, 5) is 30.5. The lowest BCUT2D eigenvalue weighted by Crippen LogP contribution is -1.96. The maximum Gasteiger partial charge on any atom is 0.160 e. The van der Waals surface area contributed by atoms with Crippen LogP contribution in [0, 0.1) is 0 Å². The molecule has 6 heterocycles. The summed E-state index contributed by atoms with van der Waals surface area (Å²) in [5.41, 5.74) is 27.4. The van der Waals surface area contributed by atoms with E-state index in [-0.39, 0.29) is 0 Å². The number of benzene rings is 14. The second-order valence-corrected chi connectivity index (χ2v) is 26.5. The number of pyridine rings is 2. The van der Waals surface area contributed by atoms with Crippen LogP contribution < -0.4 is 0 Å². The lowest BCUT2D eigenvalue weighted by Gasteiger charge is -2.13. The zero-order chi connectivity index (χ0) is 70.3. The van der Waals surface area contributed by atoms with E-state index in [0.717, 1.165) is 145 Å². The lowest BCUT2D eigenvalue weighted by atomic mass is 10.0. The molecular formula is C98H64N8. The molecule has 0 aliphatic heterocycles. The summed E-state index contributed by atoms with van der Waals surface area (Å²) < 4.78 is 4.80. The van der Waals surface area contributed by atoms with Crippen LogP contribution in [0.5, 0.6) is 0 Å². The van der Waals surface area contributed by atoms with Crippen molar-refractivity contribution in [1.82, 2.24) is 39.0 Å². The Hall–Kier alpha value is -14.3. The molecule has 496 valence electrons. The molecule has 0 unspecified atom stereocenters. The normalized spacial score (nSPS) is 11.4. The van der Waals surface area contributed by atoms with Crippen LogP contribution in [-0.2, 0) is 0 Å². The van der Waals surface area contributed by atoms with Crippen LogP contribution in [0.4, 0.5) is 0 Å². The predicted octanol–water partition coefficient (Wildman–Crippen LogP) is 24.9. The van der Waals surface area contributed by atoms with Crippen LogP contribution in [-0.4, -0.2) is 39.0 Å². The Morgan fingerprint density at radius 1 is 0.179 bits per heavy atom. The van der Waals surface area contributed by atoms with Crippen molar-refractivity contribution in [2.75, 3.05) is 0 Å². The van der Waals surface area contributed by atoms with Gasteiger partial charge in [0.05, 0.1) is 67.3 Å². The van der Waals surface area contributed by atoms with E-state index in [0.29, 0.717) is 11.6 Å². The van der Waals surface area contributed by atoms with Crippen molar-refractivity contribution in [2.45, 2.75) is 0 Å². The second-order valence-electron chi connectivity index (χ2n) is 26.5. The Bertz CT molecular complexity index is 6090. The molecule has 0 fully saturated rings. The Balaban J connectivity index is 0.000000145. The molecule has 0 aliphatic rings. The van der Waals surface area contributed by atoms with Gasteiger partial charge in [-0.05, 0) is 82.9 Å². The molecule has 14 aromatic carbocycles. The van der Waals surface area contributed by atoms with Gasteiger partial charge in [0.15, 0.2) is 11.6 Å². The second kappa shape index (κ2) is 27.2. The van der Waals surface area contributed by atoms with Gasteiger partial charge in [-0.2, -0.15) is 0 Å². The highest BCUT2D eigenvalue weighted by atomic mass is 15.0. The van der Waals surface area contributed by atoms with Crippen molar-refractivity contribution in [3.63, 3.8) is 0 Å². The molecule has 0 saturated heterocycles.